The number of rotatable bonds is 7. The number of benzene rings is 9. The number of furan rings is 1. The van der Waals surface area contributed by atoms with Gasteiger partial charge in [0, 0.05) is 27.5 Å². The first-order valence-electron chi connectivity index (χ1n) is 19.8. The molecule has 2 aromatic heterocycles. The number of hydrogen-bond acceptors (Lipinski definition) is 4. The van der Waals surface area contributed by atoms with E-state index in [9.17, 15) is 0 Å². The van der Waals surface area contributed by atoms with Crippen molar-refractivity contribution in [3.8, 4) is 78.7 Å². The molecule has 0 atom stereocenters. The summed E-state index contributed by atoms with van der Waals surface area (Å²) in [6.07, 6.45) is 0. The Balaban J connectivity index is 1.04. The quantitative estimate of drug-likeness (QED) is 0.163. The molecule has 0 radical (unpaired) electrons. The third kappa shape index (κ3) is 6.43. The third-order valence-electron chi connectivity index (χ3n) is 11.1. The Kier molecular flexibility index (Phi) is 8.45. The van der Waals surface area contributed by atoms with Gasteiger partial charge in [0.05, 0.1) is 0 Å². The van der Waals surface area contributed by atoms with E-state index in [1.165, 1.54) is 21.9 Å². The smallest absolute Gasteiger partial charge is 0.164 e. The van der Waals surface area contributed by atoms with Gasteiger partial charge in [0.1, 0.15) is 11.2 Å². The Bertz CT molecular complexity index is 3310. The molecule has 0 N–H and O–H groups in total. The van der Waals surface area contributed by atoms with Gasteiger partial charge in [0.15, 0.2) is 17.5 Å². The van der Waals surface area contributed by atoms with Crippen LogP contribution in [0.15, 0.2) is 217 Å². The van der Waals surface area contributed by atoms with Gasteiger partial charge in [0.2, 0.25) is 0 Å². The van der Waals surface area contributed by atoms with E-state index in [2.05, 4.69) is 194 Å². The van der Waals surface area contributed by atoms with Crippen LogP contribution >= 0.6 is 0 Å². The van der Waals surface area contributed by atoms with Crippen molar-refractivity contribution in [2.24, 2.45) is 0 Å². The first-order valence-corrected chi connectivity index (χ1v) is 19.8. The molecule has 4 nitrogen and oxygen atoms in total. The topological polar surface area (TPSA) is 51.8 Å². The highest BCUT2D eigenvalue weighted by Crippen LogP contribution is 2.39. The van der Waals surface area contributed by atoms with Crippen LogP contribution in [0.25, 0.3) is 111 Å². The van der Waals surface area contributed by atoms with E-state index in [-0.39, 0.29) is 0 Å². The van der Waals surface area contributed by atoms with E-state index < -0.39 is 0 Å². The van der Waals surface area contributed by atoms with E-state index in [0.717, 1.165) is 72.0 Å². The van der Waals surface area contributed by atoms with Gasteiger partial charge in [-0.25, -0.2) is 15.0 Å². The van der Waals surface area contributed by atoms with Crippen molar-refractivity contribution in [3.63, 3.8) is 0 Å². The zero-order valence-corrected chi connectivity index (χ0v) is 32.0. The summed E-state index contributed by atoms with van der Waals surface area (Å²) in [6.45, 7) is 0. The Hall–Kier alpha value is -7.95. The maximum atomic E-state index is 6.59. The molecule has 59 heavy (non-hydrogen) atoms. The Morgan fingerprint density at radius 3 is 1.47 bits per heavy atom. The fourth-order valence-electron chi connectivity index (χ4n) is 8.21. The van der Waals surface area contributed by atoms with Gasteiger partial charge in [-0.05, 0) is 85.6 Å². The average molecular weight is 754 g/mol. The van der Waals surface area contributed by atoms with Crippen molar-refractivity contribution in [1.29, 1.82) is 0 Å². The molecule has 11 rings (SSSR count). The van der Waals surface area contributed by atoms with Crippen LogP contribution in [0.4, 0.5) is 0 Å². The number of aromatic nitrogens is 3. The van der Waals surface area contributed by atoms with E-state index in [4.69, 9.17) is 19.4 Å². The van der Waals surface area contributed by atoms with Crippen molar-refractivity contribution in [3.05, 3.63) is 212 Å². The molecule has 0 saturated carbocycles. The fourth-order valence-corrected chi connectivity index (χ4v) is 8.21. The lowest BCUT2D eigenvalue weighted by atomic mass is 9.96. The summed E-state index contributed by atoms with van der Waals surface area (Å²) in [5.74, 6) is 1.78. The molecule has 0 unspecified atom stereocenters. The lowest BCUT2D eigenvalue weighted by molar-refractivity contribution is 0.669. The molecule has 276 valence electrons. The van der Waals surface area contributed by atoms with Gasteiger partial charge >= 0.3 is 0 Å². The summed E-state index contributed by atoms with van der Waals surface area (Å²) in [4.78, 5) is 15.5. The average Bonchev–Trinajstić information content (AvgIpc) is 3.70. The molecule has 0 saturated heterocycles. The lowest BCUT2D eigenvalue weighted by Crippen LogP contribution is -2.00. The number of nitrogens with zero attached hydrogens (tertiary/aromatic N) is 3. The Labute approximate surface area is 341 Å². The Morgan fingerprint density at radius 2 is 0.746 bits per heavy atom. The minimum atomic E-state index is 0.574. The second kappa shape index (κ2) is 14.5. The van der Waals surface area contributed by atoms with Gasteiger partial charge in [-0.1, -0.05) is 182 Å². The molecule has 0 bridgehead atoms. The van der Waals surface area contributed by atoms with E-state index >= 15 is 0 Å². The third-order valence-corrected chi connectivity index (χ3v) is 11.1. The first-order chi connectivity index (χ1) is 29.2. The molecule has 0 aliphatic carbocycles. The van der Waals surface area contributed by atoms with Gasteiger partial charge in [-0.15, -0.1) is 0 Å². The maximum Gasteiger partial charge on any atom is 0.164 e. The van der Waals surface area contributed by atoms with Crippen LogP contribution in [-0.4, -0.2) is 15.0 Å². The molecule has 4 heteroatoms. The highest BCUT2D eigenvalue weighted by atomic mass is 16.3. The Morgan fingerprint density at radius 1 is 0.271 bits per heavy atom. The summed E-state index contributed by atoms with van der Waals surface area (Å²) in [6, 6.07) is 74.0. The van der Waals surface area contributed by atoms with Crippen LogP contribution in [0.2, 0.25) is 0 Å². The SMILES string of the molecule is c1ccc(-c2ccc(-c3cccc4oc5cc(-c6nc(-c7cccc(-c8ccccc8)c7)nc(-c7cccc(-c8cccc9ccccc89)c7)n6)ccc5c34)cc2)cc1. The normalized spacial score (nSPS) is 11.4. The van der Waals surface area contributed by atoms with Gasteiger partial charge in [-0.3, -0.25) is 0 Å². The van der Waals surface area contributed by atoms with Crippen LogP contribution in [-0.2, 0) is 0 Å². The van der Waals surface area contributed by atoms with Gasteiger partial charge in [-0.2, -0.15) is 0 Å². The minimum absolute atomic E-state index is 0.574. The van der Waals surface area contributed by atoms with E-state index in [0.29, 0.717) is 17.5 Å². The minimum Gasteiger partial charge on any atom is -0.456 e. The van der Waals surface area contributed by atoms with Crippen LogP contribution < -0.4 is 0 Å². The molecular formula is C55H35N3O. The van der Waals surface area contributed by atoms with Crippen LogP contribution in [0.3, 0.4) is 0 Å². The summed E-state index contributed by atoms with van der Waals surface area (Å²) in [5, 5.41) is 4.53. The van der Waals surface area contributed by atoms with Gasteiger partial charge in [0.25, 0.3) is 0 Å². The summed E-state index contributed by atoms with van der Waals surface area (Å²) in [5.41, 5.74) is 13.4. The van der Waals surface area contributed by atoms with Crippen molar-refractivity contribution >= 4 is 32.7 Å². The summed E-state index contributed by atoms with van der Waals surface area (Å²) >= 11 is 0. The van der Waals surface area contributed by atoms with Crippen LogP contribution in [0.5, 0.6) is 0 Å². The standard InChI is InChI=1S/C55H35N3O/c1-3-13-36(14-4-1)38-27-29-40(30-28-38)48-25-12-26-50-52(48)49-32-31-45(35-51(49)59-50)55-57-53(43-21-9-19-41(33-43)37-15-5-2-6-16-37)56-54(58-55)44-22-10-20-42(34-44)47-24-11-18-39-17-7-8-23-46(39)47/h1-35H. The van der Waals surface area contributed by atoms with E-state index in [1.807, 2.05) is 18.2 Å². The maximum absolute atomic E-state index is 6.59. The molecule has 0 amide bonds. The van der Waals surface area contributed by atoms with Gasteiger partial charge < -0.3 is 4.42 Å². The molecule has 11 aromatic rings. The highest BCUT2D eigenvalue weighted by molar-refractivity contribution is 6.13. The molecule has 0 fully saturated rings. The molecular weight excluding hydrogens is 719 g/mol. The predicted molar refractivity (Wildman–Crippen MR) is 243 cm³/mol. The zero-order valence-electron chi connectivity index (χ0n) is 32.0. The number of hydrogen-bond donors (Lipinski definition) is 0. The van der Waals surface area contributed by atoms with Crippen LogP contribution in [0, 0.1) is 0 Å². The predicted octanol–water partition coefficient (Wildman–Crippen LogP) is 14.6. The fraction of sp³-hybridized carbons (Fsp3) is 0. The van der Waals surface area contributed by atoms with Crippen molar-refractivity contribution < 1.29 is 4.42 Å². The number of fused-ring (bicyclic) bond motifs is 4. The zero-order chi connectivity index (χ0) is 39.1. The van der Waals surface area contributed by atoms with Crippen molar-refractivity contribution in [2.45, 2.75) is 0 Å². The molecule has 0 aliphatic heterocycles. The van der Waals surface area contributed by atoms with E-state index in [1.54, 1.807) is 0 Å². The molecule has 0 aliphatic rings. The lowest BCUT2D eigenvalue weighted by Gasteiger charge is -2.11. The molecule has 2 heterocycles. The first kappa shape index (κ1) is 34.3. The molecule has 9 aromatic carbocycles. The largest absolute Gasteiger partial charge is 0.456 e. The van der Waals surface area contributed by atoms with Crippen molar-refractivity contribution in [1.82, 2.24) is 15.0 Å². The summed E-state index contributed by atoms with van der Waals surface area (Å²) < 4.78 is 6.59. The second-order valence-electron chi connectivity index (χ2n) is 14.8. The molecule has 0 spiro atoms. The second-order valence-corrected chi connectivity index (χ2v) is 14.8. The monoisotopic (exact) mass is 753 g/mol. The highest BCUT2D eigenvalue weighted by Gasteiger charge is 2.18. The summed E-state index contributed by atoms with van der Waals surface area (Å²) in [7, 11) is 0. The van der Waals surface area contributed by atoms with Crippen molar-refractivity contribution in [2.75, 3.05) is 0 Å². The van der Waals surface area contributed by atoms with Crippen LogP contribution in [0.1, 0.15) is 0 Å².